The summed E-state index contributed by atoms with van der Waals surface area (Å²) in [6, 6.07) is 0. The lowest BCUT2D eigenvalue weighted by atomic mass is 9.92. The Morgan fingerprint density at radius 2 is 2.42 bits per heavy atom. The molecule has 3 rings (SSSR count). The van der Waals surface area contributed by atoms with E-state index in [-0.39, 0.29) is 10.7 Å². The van der Waals surface area contributed by atoms with Crippen molar-refractivity contribution in [2.45, 2.75) is 24.2 Å². The second-order valence-corrected chi connectivity index (χ2v) is 6.52. The van der Waals surface area contributed by atoms with Crippen LogP contribution in [0.1, 0.15) is 23.8 Å². The largest absolute Gasteiger partial charge is 0.378 e. The van der Waals surface area contributed by atoms with Gasteiger partial charge in [0.25, 0.3) is 5.91 Å². The first-order valence-corrected chi connectivity index (χ1v) is 7.52. The van der Waals surface area contributed by atoms with E-state index in [1.54, 1.807) is 12.4 Å². The van der Waals surface area contributed by atoms with Crippen molar-refractivity contribution in [2.24, 2.45) is 0 Å². The number of amides is 1. The highest BCUT2D eigenvalue weighted by molar-refractivity contribution is 8.01. The Hall–Kier alpha value is -1.14. The molecule has 2 aliphatic heterocycles. The molecule has 2 fully saturated rings. The van der Waals surface area contributed by atoms with Crippen molar-refractivity contribution in [2.75, 3.05) is 25.4 Å². The van der Waals surface area contributed by atoms with Gasteiger partial charge in [0.15, 0.2) is 0 Å². The number of ether oxygens (including phenoxy) is 1. The van der Waals surface area contributed by atoms with Gasteiger partial charge in [-0.3, -0.25) is 9.78 Å². The molecule has 0 saturated carbocycles. The molecule has 102 valence electrons. The molecule has 1 atom stereocenters. The number of hydrogen-bond acceptors (Lipinski definition) is 5. The first kappa shape index (κ1) is 12.9. The second kappa shape index (κ2) is 5.09. The first-order chi connectivity index (χ1) is 9.22. The summed E-state index contributed by atoms with van der Waals surface area (Å²) in [6.07, 6.45) is 6.06. The van der Waals surface area contributed by atoms with Crippen molar-refractivity contribution in [1.29, 1.82) is 0 Å². The predicted molar refractivity (Wildman–Crippen MR) is 73.2 cm³/mol. The van der Waals surface area contributed by atoms with E-state index in [1.807, 2.05) is 23.6 Å². The van der Waals surface area contributed by atoms with Crippen LogP contribution in [-0.2, 0) is 4.74 Å². The Morgan fingerprint density at radius 1 is 1.58 bits per heavy atom. The van der Waals surface area contributed by atoms with Gasteiger partial charge in [-0.1, -0.05) is 0 Å². The molecule has 0 N–H and O–H groups in total. The van der Waals surface area contributed by atoms with Crippen LogP contribution >= 0.6 is 11.8 Å². The van der Waals surface area contributed by atoms with Crippen LogP contribution in [0.25, 0.3) is 0 Å². The van der Waals surface area contributed by atoms with Gasteiger partial charge in [-0.15, -0.1) is 11.8 Å². The molecule has 1 spiro atoms. The van der Waals surface area contributed by atoms with Crippen LogP contribution in [0, 0.1) is 0 Å². The number of hydrogen-bond donors (Lipinski definition) is 0. The highest BCUT2D eigenvalue weighted by Crippen LogP contribution is 2.46. The van der Waals surface area contributed by atoms with E-state index in [0.29, 0.717) is 11.8 Å². The summed E-state index contributed by atoms with van der Waals surface area (Å²) < 4.78 is 5.89. The fourth-order valence-corrected chi connectivity index (χ4v) is 4.28. The van der Waals surface area contributed by atoms with E-state index in [4.69, 9.17) is 4.74 Å². The summed E-state index contributed by atoms with van der Waals surface area (Å²) in [5, 5.41) is 0. The molecule has 1 aromatic heterocycles. The first-order valence-electron chi connectivity index (χ1n) is 6.53. The predicted octanol–water partition coefficient (Wildman–Crippen LogP) is 1.21. The summed E-state index contributed by atoms with van der Waals surface area (Å²) in [5.41, 5.74) is 0.432. The van der Waals surface area contributed by atoms with E-state index in [0.717, 1.165) is 31.9 Å². The number of likely N-dealkylation sites (tertiary alicyclic amines) is 1. The van der Waals surface area contributed by atoms with Crippen LogP contribution in [0.3, 0.4) is 0 Å². The number of carbonyl (C=O) groups excluding carboxylic acids is 1. The number of aromatic nitrogens is 2. The van der Waals surface area contributed by atoms with E-state index in [9.17, 15) is 4.79 Å². The molecule has 3 heterocycles. The summed E-state index contributed by atoms with van der Waals surface area (Å²) in [5.74, 6) is 1.03. The van der Waals surface area contributed by atoms with Crippen molar-refractivity contribution in [3.8, 4) is 0 Å². The maximum Gasteiger partial charge on any atom is 0.274 e. The summed E-state index contributed by atoms with van der Waals surface area (Å²) in [7, 11) is 0. The highest BCUT2D eigenvalue weighted by atomic mass is 32.2. The van der Waals surface area contributed by atoms with Crippen molar-refractivity contribution < 1.29 is 9.53 Å². The summed E-state index contributed by atoms with van der Waals surface area (Å²) in [6.45, 7) is 4.40. The molecule has 1 aromatic rings. The van der Waals surface area contributed by atoms with Crippen LogP contribution in [0.15, 0.2) is 18.6 Å². The standard InChI is InChI=1S/C13H17N3O2S/c1-2-18-10-5-13(19-7-10)8-16(9-13)12(17)11-6-14-3-4-15-11/h3-4,6,10H,2,5,7-9H2,1H3/t10-/m0/s1. The maximum absolute atomic E-state index is 12.2. The zero-order valence-electron chi connectivity index (χ0n) is 10.9. The van der Waals surface area contributed by atoms with Gasteiger partial charge < -0.3 is 9.64 Å². The van der Waals surface area contributed by atoms with Crippen LogP contribution in [0.5, 0.6) is 0 Å². The summed E-state index contributed by atoms with van der Waals surface area (Å²) >= 11 is 1.94. The minimum absolute atomic E-state index is 0.0146. The lowest BCUT2D eigenvalue weighted by Gasteiger charge is -2.47. The summed E-state index contributed by atoms with van der Waals surface area (Å²) in [4.78, 5) is 22.0. The van der Waals surface area contributed by atoms with Gasteiger partial charge in [0.1, 0.15) is 5.69 Å². The smallest absolute Gasteiger partial charge is 0.274 e. The van der Waals surface area contributed by atoms with Gasteiger partial charge in [0, 0.05) is 37.8 Å². The molecule has 0 aromatic carbocycles. The second-order valence-electron chi connectivity index (χ2n) is 5.03. The SMILES string of the molecule is CCO[C@@H]1CSC2(C1)CN(C(=O)c1cnccn1)C2. The van der Waals surface area contributed by atoms with Gasteiger partial charge in [0.05, 0.1) is 17.0 Å². The van der Waals surface area contributed by atoms with E-state index in [1.165, 1.54) is 6.20 Å². The lowest BCUT2D eigenvalue weighted by molar-refractivity contribution is 0.0355. The Bertz CT molecular complexity index is 462. The number of thioether (sulfide) groups is 1. The van der Waals surface area contributed by atoms with Crippen molar-refractivity contribution in [1.82, 2.24) is 14.9 Å². The molecule has 5 nitrogen and oxygen atoms in total. The van der Waals surface area contributed by atoms with Crippen LogP contribution in [-0.4, -0.2) is 57.1 Å². The average Bonchev–Trinajstić information content (AvgIpc) is 2.82. The lowest BCUT2D eigenvalue weighted by Crippen LogP contribution is -2.60. The molecular weight excluding hydrogens is 262 g/mol. The normalized spacial score (nSPS) is 24.5. The van der Waals surface area contributed by atoms with Crippen LogP contribution < -0.4 is 0 Å². The Kier molecular flexibility index (Phi) is 3.45. The molecule has 1 amide bonds. The molecule has 0 unspecified atom stereocenters. The zero-order chi connectivity index (χ0) is 13.3. The third-order valence-electron chi connectivity index (χ3n) is 3.61. The monoisotopic (exact) mass is 279 g/mol. The van der Waals surface area contributed by atoms with Crippen molar-refractivity contribution in [3.63, 3.8) is 0 Å². The van der Waals surface area contributed by atoms with Crippen molar-refractivity contribution >= 4 is 17.7 Å². The van der Waals surface area contributed by atoms with Gasteiger partial charge in [-0.05, 0) is 13.3 Å². The third-order valence-corrected chi connectivity index (χ3v) is 5.18. The van der Waals surface area contributed by atoms with Gasteiger partial charge in [-0.25, -0.2) is 4.98 Å². The fourth-order valence-electron chi connectivity index (χ4n) is 2.73. The van der Waals surface area contributed by atoms with Gasteiger partial charge in [-0.2, -0.15) is 0 Å². The third kappa shape index (κ3) is 2.47. The van der Waals surface area contributed by atoms with E-state index >= 15 is 0 Å². The Labute approximate surface area is 116 Å². The molecule has 6 heteroatoms. The zero-order valence-corrected chi connectivity index (χ0v) is 11.7. The quantitative estimate of drug-likeness (QED) is 0.832. The number of nitrogens with zero attached hydrogens (tertiary/aromatic N) is 3. The maximum atomic E-state index is 12.2. The van der Waals surface area contributed by atoms with E-state index < -0.39 is 0 Å². The molecule has 0 bridgehead atoms. The molecule has 2 aliphatic rings. The minimum Gasteiger partial charge on any atom is -0.378 e. The van der Waals surface area contributed by atoms with Gasteiger partial charge in [0.2, 0.25) is 0 Å². The molecular formula is C13H17N3O2S. The minimum atomic E-state index is -0.0146. The van der Waals surface area contributed by atoms with Crippen LogP contribution in [0.4, 0.5) is 0 Å². The average molecular weight is 279 g/mol. The Balaban J connectivity index is 1.57. The highest BCUT2D eigenvalue weighted by Gasteiger charge is 2.51. The topological polar surface area (TPSA) is 55.3 Å². The Morgan fingerprint density at radius 3 is 3.11 bits per heavy atom. The van der Waals surface area contributed by atoms with E-state index in [2.05, 4.69) is 9.97 Å². The van der Waals surface area contributed by atoms with Gasteiger partial charge >= 0.3 is 0 Å². The van der Waals surface area contributed by atoms with Crippen LogP contribution in [0.2, 0.25) is 0 Å². The number of rotatable bonds is 3. The molecule has 2 saturated heterocycles. The molecule has 0 radical (unpaired) electrons. The number of carbonyl (C=O) groups is 1. The molecule has 0 aliphatic carbocycles. The van der Waals surface area contributed by atoms with Crippen molar-refractivity contribution in [3.05, 3.63) is 24.3 Å². The molecule has 19 heavy (non-hydrogen) atoms. The fraction of sp³-hybridized carbons (Fsp3) is 0.615.